The first-order valence-corrected chi connectivity index (χ1v) is 11.3. The van der Waals surface area contributed by atoms with Gasteiger partial charge in [-0.3, -0.25) is 9.69 Å². The number of fused-ring (bicyclic) bond motifs is 2. The zero-order valence-electron chi connectivity index (χ0n) is 18.7. The lowest BCUT2D eigenvalue weighted by Gasteiger charge is -2.34. The number of rotatable bonds is 3. The molecule has 0 unspecified atom stereocenters. The van der Waals surface area contributed by atoms with E-state index < -0.39 is 11.4 Å². The van der Waals surface area contributed by atoms with Gasteiger partial charge in [-0.2, -0.15) is 0 Å². The molecular formula is C27H24ClNO4. The highest BCUT2D eigenvalue weighted by atomic mass is 35.5. The van der Waals surface area contributed by atoms with Crippen LogP contribution in [-0.4, -0.2) is 22.6 Å². The lowest BCUT2D eigenvalue weighted by molar-refractivity contribution is -0.120. The van der Waals surface area contributed by atoms with Crippen LogP contribution in [0.2, 0.25) is 5.02 Å². The molecule has 0 aliphatic carbocycles. The van der Waals surface area contributed by atoms with Crippen LogP contribution >= 0.6 is 11.6 Å². The molecule has 0 fully saturated rings. The van der Waals surface area contributed by atoms with Crippen molar-refractivity contribution in [2.24, 2.45) is 0 Å². The van der Waals surface area contributed by atoms with Gasteiger partial charge < -0.3 is 9.84 Å². The highest BCUT2D eigenvalue weighted by molar-refractivity contribution is 6.31. The van der Waals surface area contributed by atoms with Gasteiger partial charge in [-0.05, 0) is 92.8 Å². The summed E-state index contributed by atoms with van der Waals surface area (Å²) in [5.41, 5.74) is 2.86. The highest BCUT2D eigenvalue weighted by Crippen LogP contribution is 2.50. The number of nitrogens with zero attached hydrogens (tertiary/aromatic N) is 1. The number of hydrogen-bond acceptors (Lipinski definition) is 3. The number of amides is 1. The Bertz CT molecular complexity index is 1320. The zero-order valence-corrected chi connectivity index (χ0v) is 19.4. The number of carbonyl (C=O) groups excluding carboxylic acids is 1. The Balaban J connectivity index is 1.66. The SMILES string of the molecule is CC1(C)CCc2cc([C@@]3(C)C(=O)N(c4cccc(C(=O)O)c4)c4ccc(Cl)cc43)ccc2O1. The van der Waals surface area contributed by atoms with Gasteiger partial charge in [0.05, 0.1) is 16.7 Å². The van der Waals surface area contributed by atoms with Crippen LogP contribution in [0, 0.1) is 0 Å². The van der Waals surface area contributed by atoms with E-state index in [1.807, 2.05) is 31.2 Å². The second kappa shape index (κ2) is 7.35. The number of ether oxygens (including phenoxy) is 1. The predicted octanol–water partition coefficient (Wildman–Crippen LogP) is 6.13. The van der Waals surface area contributed by atoms with Gasteiger partial charge >= 0.3 is 5.97 Å². The second-order valence-corrected chi connectivity index (χ2v) is 9.90. The minimum atomic E-state index is -1.04. The van der Waals surface area contributed by atoms with Crippen LogP contribution in [0.25, 0.3) is 0 Å². The molecule has 3 aromatic rings. The fourth-order valence-electron chi connectivity index (χ4n) is 4.84. The number of anilines is 2. The monoisotopic (exact) mass is 461 g/mol. The molecule has 2 aliphatic rings. The number of carboxylic acid groups (broad SMARTS) is 1. The predicted molar refractivity (Wildman–Crippen MR) is 128 cm³/mol. The van der Waals surface area contributed by atoms with E-state index in [4.69, 9.17) is 16.3 Å². The van der Waals surface area contributed by atoms with Gasteiger partial charge in [0.15, 0.2) is 0 Å². The Labute approximate surface area is 197 Å². The van der Waals surface area contributed by atoms with E-state index in [1.54, 1.807) is 23.1 Å². The van der Waals surface area contributed by atoms with Crippen molar-refractivity contribution in [2.75, 3.05) is 4.90 Å². The molecular weight excluding hydrogens is 438 g/mol. The first-order chi connectivity index (χ1) is 15.6. The fraction of sp³-hybridized carbons (Fsp3) is 0.259. The first kappa shape index (κ1) is 21.5. The van der Waals surface area contributed by atoms with Gasteiger partial charge in [0.2, 0.25) is 5.91 Å². The maximum Gasteiger partial charge on any atom is 0.335 e. The number of halogens is 1. The van der Waals surface area contributed by atoms with Crippen LogP contribution in [0.15, 0.2) is 60.7 Å². The van der Waals surface area contributed by atoms with Crippen molar-refractivity contribution in [3.63, 3.8) is 0 Å². The Morgan fingerprint density at radius 3 is 2.61 bits per heavy atom. The molecule has 2 aliphatic heterocycles. The van der Waals surface area contributed by atoms with Crippen molar-refractivity contribution in [2.45, 2.75) is 44.6 Å². The van der Waals surface area contributed by atoms with Crippen LogP contribution in [0.3, 0.4) is 0 Å². The molecule has 1 atom stereocenters. The van der Waals surface area contributed by atoms with E-state index >= 15 is 0 Å². The normalized spacial score (nSPS) is 20.7. The van der Waals surface area contributed by atoms with Crippen LogP contribution in [0.1, 0.15) is 54.2 Å². The summed E-state index contributed by atoms with van der Waals surface area (Å²) in [5, 5.41) is 9.99. The number of aromatic carboxylic acids is 1. The van der Waals surface area contributed by atoms with Crippen LogP contribution in [0.5, 0.6) is 5.75 Å². The summed E-state index contributed by atoms with van der Waals surface area (Å²) in [6, 6.07) is 17.8. The van der Waals surface area contributed by atoms with Crippen molar-refractivity contribution in [1.82, 2.24) is 0 Å². The Morgan fingerprint density at radius 1 is 1.06 bits per heavy atom. The molecule has 0 radical (unpaired) electrons. The molecule has 5 rings (SSSR count). The molecule has 168 valence electrons. The molecule has 33 heavy (non-hydrogen) atoms. The van der Waals surface area contributed by atoms with Crippen molar-refractivity contribution < 1.29 is 19.4 Å². The number of carbonyl (C=O) groups is 2. The lowest BCUT2D eigenvalue weighted by atomic mass is 9.76. The summed E-state index contributed by atoms with van der Waals surface area (Å²) in [7, 11) is 0. The molecule has 0 saturated heterocycles. The quantitative estimate of drug-likeness (QED) is 0.509. The maximum atomic E-state index is 14.1. The highest BCUT2D eigenvalue weighted by Gasteiger charge is 2.49. The van der Waals surface area contributed by atoms with Gasteiger partial charge in [-0.25, -0.2) is 4.79 Å². The summed E-state index contributed by atoms with van der Waals surface area (Å²) < 4.78 is 6.14. The molecule has 0 spiro atoms. The Hall–Kier alpha value is -3.31. The van der Waals surface area contributed by atoms with E-state index in [9.17, 15) is 14.7 Å². The second-order valence-electron chi connectivity index (χ2n) is 9.47. The molecule has 3 aromatic carbocycles. The number of aryl methyl sites for hydroxylation is 1. The van der Waals surface area contributed by atoms with Crippen LogP contribution in [-0.2, 0) is 16.6 Å². The molecule has 6 heteroatoms. The summed E-state index contributed by atoms with van der Waals surface area (Å²) in [4.78, 5) is 27.2. The van der Waals surface area contributed by atoms with Crippen LogP contribution in [0.4, 0.5) is 11.4 Å². The maximum absolute atomic E-state index is 14.1. The minimum Gasteiger partial charge on any atom is -0.488 e. The van der Waals surface area contributed by atoms with Crippen molar-refractivity contribution in [1.29, 1.82) is 0 Å². The molecule has 5 nitrogen and oxygen atoms in total. The average molecular weight is 462 g/mol. The molecule has 0 aromatic heterocycles. The lowest BCUT2D eigenvalue weighted by Crippen LogP contribution is -2.37. The standard InChI is InChI=1S/C27H24ClNO4/c1-26(2)12-11-16-13-18(7-10-23(16)33-26)27(3)21-15-19(28)8-9-22(21)29(25(27)32)20-6-4-5-17(14-20)24(30)31/h4-10,13-15H,11-12H2,1-3H3,(H,30,31)/t27-/m1/s1. The molecule has 1 amide bonds. The van der Waals surface area contributed by atoms with Crippen molar-refractivity contribution >= 4 is 34.9 Å². The smallest absolute Gasteiger partial charge is 0.335 e. The Morgan fingerprint density at radius 2 is 1.85 bits per heavy atom. The summed E-state index contributed by atoms with van der Waals surface area (Å²) in [6.45, 7) is 6.06. The van der Waals surface area contributed by atoms with Crippen molar-refractivity contribution in [3.05, 3.63) is 87.9 Å². The number of hydrogen-bond donors (Lipinski definition) is 1. The van der Waals surface area contributed by atoms with E-state index in [0.29, 0.717) is 16.4 Å². The van der Waals surface area contributed by atoms with Crippen molar-refractivity contribution in [3.8, 4) is 5.75 Å². The molecule has 0 bridgehead atoms. The zero-order chi connectivity index (χ0) is 23.5. The van der Waals surface area contributed by atoms with Gasteiger partial charge in [-0.1, -0.05) is 29.8 Å². The molecule has 1 N–H and O–H groups in total. The third kappa shape index (κ3) is 3.39. The number of benzene rings is 3. The third-order valence-corrected chi connectivity index (χ3v) is 6.98. The van der Waals surface area contributed by atoms with Crippen LogP contribution < -0.4 is 9.64 Å². The Kier molecular flexibility index (Phi) is 4.80. The van der Waals surface area contributed by atoms with E-state index in [-0.39, 0.29) is 17.1 Å². The largest absolute Gasteiger partial charge is 0.488 e. The summed E-state index contributed by atoms with van der Waals surface area (Å²) in [5.74, 6) is -0.346. The first-order valence-electron chi connectivity index (χ1n) is 10.9. The van der Waals surface area contributed by atoms with Gasteiger partial charge in [0, 0.05) is 10.7 Å². The van der Waals surface area contributed by atoms with Gasteiger partial charge in [-0.15, -0.1) is 0 Å². The third-order valence-electron chi connectivity index (χ3n) is 6.74. The average Bonchev–Trinajstić information content (AvgIpc) is 3.00. The van der Waals surface area contributed by atoms with E-state index in [1.165, 1.54) is 12.1 Å². The fourth-order valence-corrected chi connectivity index (χ4v) is 5.01. The molecule has 0 saturated carbocycles. The van der Waals surface area contributed by atoms with Gasteiger partial charge in [0.1, 0.15) is 11.4 Å². The summed E-state index contributed by atoms with van der Waals surface area (Å²) in [6.07, 6.45) is 1.76. The molecule has 2 heterocycles. The minimum absolute atomic E-state index is 0.123. The summed E-state index contributed by atoms with van der Waals surface area (Å²) >= 11 is 6.37. The van der Waals surface area contributed by atoms with Gasteiger partial charge in [0.25, 0.3) is 0 Å². The number of carboxylic acids is 1. The topological polar surface area (TPSA) is 66.8 Å². The van der Waals surface area contributed by atoms with E-state index in [0.717, 1.165) is 35.3 Å². The van der Waals surface area contributed by atoms with E-state index in [2.05, 4.69) is 19.9 Å².